The first kappa shape index (κ1) is 18.1. The Hall–Kier alpha value is -3.94. The summed E-state index contributed by atoms with van der Waals surface area (Å²) in [5, 5.41) is 9.50. The van der Waals surface area contributed by atoms with E-state index in [1.54, 1.807) is 23.7 Å². The summed E-state index contributed by atoms with van der Waals surface area (Å²) in [6, 6.07) is 17.2. The second-order valence-electron chi connectivity index (χ2n) is 7.29. The molecule has 0 bridgehead atoms. The first-order chi connectivity index (χ1) is 14.7. The van der Waals surface area contributed by atoms with Gasteiger partial charge in [-0.3, -0.25) is 9.36 Å². The zero-order chi connectivity index (χ0) is 20.7. The van der Waals surface area contributed by atoms with Crippen molar-refractivity contribution in [2.24, 2.45) is 0 Å². The molecular formula is C22H20N6O2. The van der Waals surface area contributed by atoms with Crippen LogP contribution in [0, 0.1) is 0 Å². The molecular weight excluding hydrogens is 380 g/mol. The molecule has 0 unspecified atom stereocenters. The van der Waals surface area contributed by atoms with Gasteiger partial charge in [0.25, 0.3) is 5.91 Å². The molecule has 8 heteroatoms. The van der Waals surface area contributed by atoms with Crippen molar-refractivity contribution >= 4 is 5.91 Å². The van der Waals surface area contributed by atoms with Crippen LogP contribution in [0.4, 0.5) is 0 Å². The van der Waals surface area contributed by atoms with E-state index in [1.165, 1.54) is 0 Å². The molecule has 2 aromatic heterocycles. The Labute approximate surface area is 172 Å². The maximum absolute atomic E-state index is 12.4. The van der Waals surface area contributed by atoms with Gasteiger partial charge in [-0.1, -0.05) is 42.5 Å². The summed E-state index contributed by atoms with van der Waals surface area (Å²) >= 11 is 0. The largest absolute Gasteiger partial charge is 0.355 e. The number of aromatic nitrogens is 5. The molecule has 3 N–H and O–H groups in total. The average Bonchev–Trinajstić information content (AvgIpc) is 3.41. The number of hydrogen-bond acceptors (Lipinski definition) is 4. The molecule has 2 heterocycles. The monoisotopic (exact) mass is 400 g/mol. The van der Waals surface area contributed by atoms with E-state index in [4.69, 9.17) is 4.98 Å². The second kappa shape index (κ2) is 7.14. The molecule has 0 spiro atoms. The van der Waals surface area contributed by atoms with Gasteiger partial charge in [0, 0.05) is 29.8 Å². The third kappa shape index (κ3) is 3.12. The van der Waals surface area contributed by atoms with E-state index in [0.29, 0.717) is 28.6 Å². The highest BCUT2D eigenvalue weighted by molar-refractivity contribution is 5.95. The number of H-pyrrole nitrogens is 2. The number of benzene rings is 2. The summed E-state index contributed by atoms with van der Waals surface area (Å²) in [6.07, 6.45) is 1.90. The number of imidazole rings is 1. The van der Waals surface area contributed by atoms with E-state index in [9.17, 15) is 9.59 Å². The fourth-order valence-electron chi connectivity index (χ4n) is 3.58. The smallest absolute Gasteiger partial charge is 0.343 e. The lowest BCUT2D eigenvalue weighted by molar-refractivity contribution is 0.0963. The third-order valence-corrected chi connectivity index (χ3v) is 5.22. The van der Waals surface area contributed by atoms with Crippen LogP contribution < -0.4 is 11.0 Å². The summed E-state index contributed by atoms with van der Waals surface area (Å²) in [5.74, 6) is 1.02. The lowest BCUT2D eigenvalue weighted by Crippen LogP contribution is -2.17. The molecule has 0 radical (unpaired) electrons. The first-order valence-corrected chi connectivity index (χ1v) is 9.81. The molecule has 1 aliphatic rings. The van der Waals surface area contributed by atoms with Crippen LogP contribution in [0.15, 0.2) is 59.4 Å². The van der Waals surface area contributed by atoms with Crippen molar-refractivity contribution in [1.82, 2.24) is 30.0 Å². The highest BCUT2D eigenvalue weighted by Crippen LogP contribution is 2.38. The molecule has 0 saturated heterocycles. The number of nitrogens with one attached hydrogen (secondary N) is 3. The zero-order valence-corrected chi connectivity index (χ0v) is 16.3. The van der Waals surface area contributed by atoms with Gasteiger partial charge in [0.15, 0.2) is 5.82 Å². The minimum absolute atomic E-state index is 0.153. The molecule has 2 aromatic carbocycles. The predicted octanol–water partition coefficient (Wildman–Crippen LogP) is 2.99. The van der Waals surface area contributed by atoms with Gasteiger partial charge >= 0.3 is 5.69 Å². The Kier molecular flexibility index (Phi) is 4.31. The van der Waals surface area contributed by atoms with Crippen LogP contribution in [0.5, 0.6) is 0 Å². The van der Waals surface area contributed by atoms with Gasteiger partial charge < -0.3 is 10.3 Å². The van der Waals surface area contributed by atoms with Crippen molar-refractivity contribution in [2.45, 2.75) is 18.9 Å². The zero-order valence-electron chi connectivity index (χ0n) is 16.3. The van der Waals surface area contributed by atoms with E-state index in [2.05, 4.69) is 20.5 Å². The van der Waals surface area contributed by atoms with Gasteiger partial charge in [0.1, 0.15) is 17.2 Å². The quantitative estimate of drug-likeness (QED) is 0.478. The molecule has 1 aliphatic carbocycles. The number of aromatic amines is 2. The summed E-state index contributed by atoms with van der Waals surface area (Å²) in [4.78, 5) is 32.7. The Bertz CT molecular complexity index is 1280. The standard InChI is InChI=1S/C22H20N6O2/c1-23-21(29)15-9-5-8-14(12-15)17-18(20-26-27-22(30)28(20)16-10-11-16)25-19(24-17)13-6-3-2-4-7-13/h2-9,12,16H,10-11H2,1H3,(H,23,29)(H,24,25)(H,27,30). The maximum Gasteiger partial charge on any atom is 0.343 e. The first-order valence-electron chi connectivity index (χ1n) is 9.81. The van der Waals surface area contributed by atoms with Gasteiger partial charge in [0.2, 0.25) is 0 Å². The van der Waals surface area contributed by atoms with E-state index in [-0.39, 0.29) is 17.6 Å². The number of carbonyl (C=O) groups excluding carboxylic acids is 1. The predicted molar refractivity (Wildman–Crippen MR) is 113 cm³/mol. The highest BCUT2D eigenvalue weighted by Gasteiger charge is 2.31. The van der Waals surface area contributed by atoms with Crippen LogP contribution in [0.1, 0.15) is 29.2 Å². The molecule has 0 atom stereocenters. The van der Waals surface area contributed by atoms with Crippen molar-refractivity contribution in [1.29, 1.82) is 0 Å². The minimum atomic E-state index is -0.228. The molecule has 1 saturated carbocycles. The number of nitrogens with zero attached hydrogens (tertiary/aromatic N) is 3. The average molecular weight is 400 g/mol. The van der Waals surface area contributed by atoms with Crippen molar-refractivity contribution in [3.05, 3.63) is 70.6 Å². The van der Waals surface area contributed by atoms with Crippen LogP contribution in [-0.4, -0.2) is 37.7 Å². The van der Waals surface area contributed by atoms with E-state index < -0.39 is 0 Å². The molecule has 0 aliphatic heterocycles. The Balaban J connectivity index is 1.71. The Morgan fingerprint density at radius 2 is 1.87 bits per heavy atom. The maximum atomic E-state index is 12.4. The SMILES string of the molecule is CNC(=O)c1cccc(-c2nc(-c3ccccc3)[nH]c2-c2n[nH]c(=O)n2C2CC2)c1. The lowest BCUT2D eigenvalue weighted by atomic mass is 10.1. The fourth-order valence-corrected chi connectivity index (χ4v) is 3.58. The number of hydrogen-bond donors (Lipinski definition) is 3. The van der Waals surface area contributed by atoms with Crippen LogP contribution in [0.3, 0.4) is 0 Å². The minimum Gasteiger partial charge on any atom is -0.355 e. The van der Waals surface area contributed by atoms with Crippen molar-refractivity contribution in [3.8, 4) is 34.2 Å². The molecule has 5 rings (SSSR count). The number of amides is 1. The summed E-state index contributed by atoms with van der Waals surface area (Å²) in [7, 11) is 1.60. The van der Waals surface area contributed by atoms with Gasteiger partial charge in [0.05, 0.1) is 0 Å². The third-order valence-electron chi connectivity index (χ3n) is 5.22. The van der Waals surface area contributed by atoms with E-state index in [1.807, 2.05) is 42.5 Å². The highest BCUT2D eigenvalue weighted by atomic mass is 16.2. The second-order valence-corrected chi connectivity index (χ2v) is 7.29. The molecule has 30 heavy (non-hydrogen) atoms. The van der Waals surface area contributed by atoms with Crippen molar-refractivity contribution in [2.75, 3.05) is 7.05 Å². The van der Waals surface area contributed by atoms with Gasteiger partial charge in [-0.2, -0.15) is 5.10 Å². The molecule has 150 valence electrons. The van der Waals surface area contributed by atoms with Crippen LogP contribution in [-0.2, 0) is 0 Å². The Morgan fingerprint density at radius 1 is 1.10 bits per heavy atom. The Morgan fingerprint density at radius 3 is 2.60 bits per heavy atom. The summed E-state index contributed by atoms with van der Waals surface area (Å²) < 4.78 is 1.69. The van der Waals surface area contributed by atoms with Crippen molar-refractivity contribution < 1.29 is 4.79 Å². The van der Waals surface area contributed by atoms with E-state index in [0.717, 1.165) is 24.0 Å². The normalized spacial score (nSPS) is 13.4. The summed E-state index contributed by atoms with van der Waals surface area (Å²) in [6.45, 7) is 0. The van der Waals surface area contributed by atoms with Gasteiger partial charge in [-0.05, 0) is 25.0 Å². The van der Waals surface area contributed by atoms with Crippen LogP contribution in [0.2, 0.25) is 0 Å². The lowest BCUT2D eigenvalue weighted by Gasteiger charge is -2.06. The van der Waals surface area contributed by atoms with Gasteiger partial charge in [-0.25, -0.2) is 14.9 Å². The van der Waals surface area contributed by atoms with E-state index >= 15 is 0 Å². The van der Waals surface area contributed by atoms with Crippen LogP contribution >= 0.6 is 0 Å². The molecule has 4 aromatic rings. The van der Waals surface area contributed by atoms with Gasteiger partial charge in [-0.15, -0.1) is 0 Å². The van der Waals surface area contributed by atoms with Crippen molar-refractivity contribution in [3.63, 3.8) is 0 Å². The molecule has 1 amide bonds. The fraction of sp³-hybridized carbons (Fsp3) is 0.182. The number of carbonyl (C=O) groups is 1. The molecule has 1 fully saturated rings. The number of rotatable bonds is 5. The summed E-state index contributed by atoms with van der Waals surface area (Å²) in [5.41, 5.74) is 3.28. The van der Waals surface area contributed by atoms with Crippen LogP contribution in [0.25, 0.3) is 34.2 Å². The molecule has 8 nitrogen and oxygen atoms in total. The topological polar surface area (TPSA) is 108 Å².